The Morgan fingerprint density at radius 2 is 2.03 bits per heavy atom. The summed E-state index contributed by atoms with van der Waals surface area (Å²) in [4.78, 5) is 15.2. The molecule has 1 unspecified atom stereocenters. The Labute approximate surface area is 224 Å². The number of aromatic nitrogens is 2. The first-order chi connectivity index (χ1) is 18.2. The second-order valence-corrected chi connectivity index (χ2v) is 10.5. The maximum absolute atomic E-state index is 13.7. The Balaban J connectivity index is 1.80. The van der Waals surface area contributed by atoms with Crippen LogP contribution in [0.25, 0.3) is 5.52 Å². The van der Waals surface area contributed by atoms with Crippen molar-refractivity contribution in [3.63, 3.8) is 0 Å². The molecule has 38 heavy (non-hydrogen) atoms. The normalized spacial score (nSPS) is 15.6. The van der Waals surface area contributed by atoms with Crippen molar-refractivity contribution in [2.45, 2.75) is 71.9 Å². The largest absolute Gasteiger partial charge is 0.494 e. The van der Waals surface area contributed by atoms with E-state index in [1.54, 1.807) is 16.8 Å². The Morgan fingerprint density at radius 1 is 1.26 bits per heavy atom. The topological polar surface area (TPSA) is 104 Å². The lowest BCUT2D eigenvalue weighted by Gasteiger charge is -2.30. The summed E-state index contributed by atoms with van der Waals surface area (Å²) < 4.78 is 13.1. The summed E-state index contributed by atoms with van der Waals surface area (Å²) in [5.74, 6) is 1.22. The maximum Gasteiger partial charge on any atom is 0.420 e. The number of fused-ring (bicyclic) bond motifs is 1. The molecule has 2 N–H and O–H groups in total. The number of nitrogens with one attached hydrogen (secondary N) is 2. The number of hydrogen-bond donors (Lipinski definition) is 2. The van der Waals surface area contributed by atoms with Crippen LogP contribution in [-0.2, 0) is 4.74 Å². The predicted octanol–water partition coefficient (Wildman–Crippen LogP) is 5.93. The van der Waals surface area contributed by atoms with Gasteiger partial charge in [0.2, 0.25) is 0 Å². The number of carbonyl (C=O) groups is 1. The highest BCUT2D eigenvalue weighted by Gasteiger charge is 2.31. The molecule has 1 amide bonds. The van der Waals surface area contributed by atoms with Crippen LogP contribution in [0.2, 0.25) is 0 Å². The summed E-state index contributed by atoms with van der Waals surface area (Å²) in [7, 11) is 0. The van der Waals surface area contributed by atoms with E-state index in [1.807, 2.05) is 58.9 Å². The molecule has 2 aromatic heterocycles. The third kappa shape index (κ3) is 6.03. The molecule has 0 saturated carbocycles. The quantitative estimate of drug-likeness (QED) is 0.381. The first kappa shape index (κ1) is 27.3. The third-order valence-electron chi connectivity index (χ3n) is 6.57. The Hall–Kier alpha value is -3.77. The maximum atomic E-state index is 13.7. The minimum absolute atomic E-state index is 0.461. The molecule has 1 aliphatic rings. The van der Waals surface area contributed by atoms with Crippen molar-refractivity contribution < 1.29 is 14.3 Å². The van der Waals surface area contributed by atoms with Crippen LogP contribution in [0.1, 0.15) is 64.5 Å². The molecule has 1 atom stereocenters. The minimum atomic E-state index is -0.710. The average molecular weight is 519 g/mol. The number of nitrogens with zero attached hydrogens (tertiary/aromatic N) is 4. The number of carbonyl (C=O) groups excluding carboxylic acids is 1. The molecule has 1 aromatic carbocycles. The number of nitriles is 1. The smallest absolute Gasteiger partial charge is 0.420 e. The molecule has 3 aromatic rings. The molecule has 0 aliphatic carbocycles. The number of pyridine rings is 1. The number of anilines is 3. The van der Waals surface area contributed by atoms with Gasteiger partial charge in [0.15, 0.2) is 0 Å². The van der Waals surface area contributed by atoms with Gasteiger partial charge < -0.3 is 20.1 Å². The standard InChI is InChI=1S/C29H38N6O3/c1-6-37-23-12-10-22(11-13-23)34(28(36)38-29(3,4)5)27-20(2)26(24(19-30)25-15-18-33-35(25)27)32-17-14-21-9-7-8-16-31-21/h10-13,15,18,21,31-32H,6-9,14,16-17H2,1-5H3. The zero-order valence-corrected chi connectivity index (χ0v) is 23.0. The molecule has 1 saturated heterocycles. The third-order valence-corrected chi connectivity index (χ3v) is 6.57. The highest BCUT2D eigenvalue weighted by atomic mass is 16.6. The van der Waals surface area contributed by atoms with Gasteiger partial charge in [0.05, 0.1) is 29.7 Å². The highest BCUT2D eigenvalue weighted by Crippen LogP contribution is 2.38. The van der Waals surface area contributed by atoms with Gasteiger partial charge >= 0.3 is 6.09 Å². The number of benzene rings is 1. The fraction of sp³-hybridized carbons (Fsp3) is 0.483. The zero-order valence-electron chi connectivity index (χ0n) is 23.0. The fourth-order valence-electron chi connectivity index (χ4n) is 4.87. The van der Waals surface area contributed by atoms with Gasteiger partial charge in [-0.3, -0.25) is 0 Å². The van der Waals surface area contributed by atoms with Crippen LogP contribution >= 0.6 is 0 Å². The molecule has 3 heterocycles. The molecule has 0 bridgehead atoms. The first-order valence-electron chi connectivity index (χ1n) is 13.4. The van der Waals surface area contributed by atoms with E-state index in [2.05, 4.69) is 21.8 Å². The van der Waals surface area contributed by atoms with E-state index >= 15 is 0 Å². The van der Waals surface area contributed by atoms with Gasteiger partial charge in [0, 0.05) is 18.2 Å². The van der Waals surface area contributed by atoms with Crippen LogP contribution in [0.3, 0.4) is 0 Å². The molecule has 0 radical (unpaired) electrons. The van der Waals surface area contributed by atoms with Crippen molar-refractivity contribution in [1.82, 2.24) is 14.9 Å². The van der Waals surface area contributed by atoms with Gasteiger partial charge in [-0.25, -0.2) is 14.2 Å². The van der Waals surface area contributed by atoms with E-state index < -0.39 is 11.7 Å². The number of amides is 1. The summed E-state index contributed by atoms with van der Waals surface area (Å²) in [5, 5.41) is 21.7. The number of rotatable bonds is 8. The van der Waals surface area contributed by atoms with Gasteiger partial charge in [-0.1, -0.05) is 6.42 Å². The van der Waals surface area contributed by atoms with E-state index in [0.29, 0.717) is 53.2 Å². The van der Waals surface area contributed by atoms with Crippen molar-refractivity contribution >= 4 is 28.8 Å². The SMILES string of the molecule is CCOc1ccc(N(C(=O)OC(C)(C)C)c2c(C)c(NCCC3CCCCN3)c(C#N)c3ccnn23)cc1. The molecule has 4 rings (SSSR count). The zero-order chi connectivity index (χ0) is 27.3. The lowest BCUT2D eigenvalue weighted by Crippen LogP contribution is -2.36. The average Bonchev–Trinajstić information content (AvgIpc) is 3.36. The number of piperidine rings is 1. The molecule has 1 aliphatic heterocycles. The molecule has 1 fully saturated rings. The Kier molecular flexibility index (Phi) is 8.42. The van der Waals surface area contributed by atoms with Crippen LogP contribution in [0.5, 0.6) is 5.75 Å². The van der Waals surface area contributed by atoms with Gasteiger partial charge in [-0.05, 0) is 90.8 Å². The summed E-state index contributed by atoms with van der Waals surface area (Å²) in [6.07, 6.45) is 5.65. The van der Waals surface area contributed by atoms with Crippen molar-refractivity contribution in [1.29, 1.82) is 5.26 Å². The van der Waals surface area contributed by atoms with Crippen molar-refractivity contribution in [3.8, 4) is 11.8 Å². The van der Waals surface area contributed by atoms with Crippen LogP contribution in [0.15, 0.2) is 36.5 Å². The molecule has 0 spiro atoms. The van der Waals surface area contributed by atoms with E-state index in [9.17, 15) is 10.1 Å². The summed E-state index contributed by atoms with van der Waals surface area (Å²) >= 11 is 0. The van der Waals surface area contributed by atoms with Crippen LogP contribution in [0, 0.1) is 18.3 Å². The lowest BCUT2D eigenvalue weighted by atomic mass is 10.0. The molecular formula is C29H38N6O3. The summed E-state index contributed by atoms with van der Waals surface area (Å²) in [6.45, 7) is 11.6. The van der Waals surface area contributed by atoms with Gasteiger partial charge in [-0.15, -0.1) is 0 Å². The van der Waals surface area contributed by atoms with Crippen molar-refractivity contribution in [2.24, 2.45) is 0 Å². The lowest BCUT2D eigenvalue weighted by molar-refractivity contribution is 0.0597. The van der Waals surface area contributed by atoms with E-state index in [-0.39, 0.29) is 0 Å². The molecular weight excluding hydrogens is 480 g/mol. The monoisotopic (exact) mass is 518 g/mol. The van der Waals surface area contributed by atoms with E-state index in [1.165, 1.54) is 17.7 Å². The first-order valence-corrected chi connectivity index (χ1v) is 13.4. The second-order valence-electron chi connectivity index (χ2n) is 10.5. The highest BCUT2D eigenvalue weighted by molar-refractivity contribution is 5.98. The van der Waals surface area contributed by atoms with Crippen LogP contribution < -0.4 is 20.3 Å². The Morgan fingerprint density at radius 3 is 2.66 bits per heavy atom. The molecule has 202 valence electrons. The molecule has 9 heteroatoms. The van der Waals surface area contributed by atoms with Crippen LogP contribution in [0.4, 0.5) is 22.0 Å². The predicted molar refractivity (Wildman–Crippen MR) is 149 cm³/mol. The second kappa shape index (κ2) is 11.7. The van der Waals surface area contributed by atoms with Gasteiger partial charge in [0.25, 0.3) is 0 Å². The summed E-state index contributed by atoms with van der Waals surface area (Å²) in [5.41, 5.74) is 2.44. The van der Waals surface area contributed by atoms with Gasteiger partial charge in [0.1, 0.15) is 28.8 Å². The molecule has 9 nitrogen and oxygen atoms in total. The summed E-state index contributed by atoms with van der Waals surface area (Å²) in [6, 6.07) is 11.9. The van der Waals surface area contributed by atoms with E-state index in [0.717, 1.165) is 24.9 Å². The van der Waals surface area contributed by atoms with Crippen LogP contribution in [-0.4, -0.2) is 47.0 Å². The number of ether oxygens (including phenoxy) is 2. The fourth-order valence-corrected chi connectivity index (χ4v) is 4.87. The Bertz CT molecular complexity index is 1300. The minimum Gasteiger partial charge on any atom is -0.494 e. The van der Waals surface area contributed by atoms with Crippen molar-refractivity contribution in [2.75, 3.05) is 29.9 Å². The van der Waals surface area contributed by atoms with E-state index in [4.69, 9.17) is 9.47 Å². The van der Waals surface area contributed by atoms with Gasteiger partial charge in [-0.2, -0.15) is 10.4 Å². The number of hydrogen-bond acceptors (Lipinski definition) is 7. The van der Waals surface area contributed by atoms with Crippen molar-refractivity contribution in [3.05, 3.63) is 47.7 Å².